The standard InChI is InChI=1S/C27H32N6O3/c28-26(35)23-18-31-25(16-24(23)30-17-19-4-2-1-3-5-19)32-21-6-8-22(9-7-21)33-13-10-20(11-14-33)27(36)29-12-15-34/h1-9,16,18,20,34H,10-15,17H2,(H2,28,35)(H,29,36)(H2,30,31,32). The van der Waals surface area contributed by atoms with Crippen molar-refractivity contribution in [2.24, 2.45) is 11.7 Å². The van der Waals surface area contributed by atoms with Crippen LogP contribution in [0, 0.1) is 5.92 Å². The molecule has 0 bridgehead atoms. The van der Waals surface area contributed by atoms with E-state index in [0.29, 0.717) is 30.2 Å². The highest BCUT2D eigenvalue weighted by Gasteiger charge is 2.24. The molecule has 9 nitrogen and oxygen atoms in total. The Balaban J connectivity index is 1.37. The second kappa shape index (κ2) is 12.0. The zero-order valence-electron chi connectivity index (χ0n) is 20.1. The number of benzene rings is 2. The lowest BCUT2D eigenvalue weighted by Crippen LogP contribution is -2.41. The average molecular weight is 489 g/mol. The number of hydrogen-bond acceptors (Lipinski definition) is 7. The molecule has 2 amide bonds. The first-order valence-corrected chi connectivity index (χ1v) is 12.1. The van der Waals surface area contributed by atoms with E-state index in [1.54, 1.807) is 6.07 Å². The number of anilines is 4. The van der Waals surface area contributed by atoms with Crippen molar-refractivity contribution in [1.29, 1.82) is 0 Å². The predicted octanol–water partition coefficient (Wildman–Crippen LogP) is 2.86. The molecule has 36 heavy (non-hydrogen) atoms. The topological polar surface area (TPSA) is 133 Å². The zero-order chi connectivity index (χ0) is 25.3. The Kier molecular flexibility index (Phi) is 8.36. The third-order valence-electron chi connectivity index (χ3n) is 6.28. The molecule has 4 rings (SSSR count). The second-order valence-corrected chi connectivity index (χ2v) is 8.77. The van der Waals surface area contributed by atoms with Gasteiger partial charge >= 0.3 is 0 Å². The van der Waals surface area contributed by atoms with Crippen molar-refractivity contribution < 1.29 is 14.7 Å². The molecule has 0 atom stereocenters. The van der Waals surface area contributed by atoms with E-state index < -0.39 is 5.91 Å². The number of hydrogen-bond donors (Lipinski definition) is 5. The molecule has 1 aromatic heterocycles. The van der Waals surface area contributed by atoms with Gasteiger partial charge in [-0.1, -0.05) is 30.3 Å². The van der Waals surface area contributed by atoms with Crippen LogP contribution in [-0.4, -0.2) is 48.1 Å². The molecule has 1 saturated heterocycles. The summed E-state index contributed by atoms with van der Waals surface area (Å²) in [6.45, 7) is 2.42. The molecule has 9 heteroatoms. The van der Waals surface area contributed by atoms with E-state index in [2.05, 4.69) is 25.8 Å². The Bertz CT molecular complexity index is 1160. The van der Waals surface area contributed by atoms with E-state index >= 15 is 0 Å². The summed E-state index contributed by atoms with van der Waals surface area (Å²) in [4.78, 5) is 30.6. The molecular weight excluding hydrogens is 456 g/mol. The number of primary amides is 1. The summed E-state index contributed by atoms with van der Waals surface area (Å²) in [7, 11) is 0. The summed E-state index contributed by atoms with van der Waals surface area (Å²) in [6, 6.07) is 19.7. The van der Waals surface area contributed by atoms with Gasteiger partial charge in [-0.2, -0.15) is 0 Å². The minimum absolute atomic E-state index is 0.00659. The number of pyridine rings is 1. The molecule has 0 unspecified atom stereocenters. The molecule has 188 valence electrons. The fourth-order valence-corrected chi connectivity index (χ4v) is 4.29. The highest BCUT2D eigenvalue weighted by Crippen LogP contribution is 2.27. The number of aromatic nitrogens is 1. The molecule has 1 aliphatic rings. The number of piperidine rings is 1. The Morgan fingerprint density at radius 2 is 1.78 bits per heavy atom. The predicted molar refractivity (Wildman–Crippen MR) is 141 cm³/mol. The third-order valence-corrected chi connectivity index (χ3v) is 6.28. The molecule has 2 heterocycles. The van der Waals surface area contributed by atoms with Gasteiger partial charge in [-0.25, -0.2) is 4.98 Å². The van der Waals surface area contributed by atoms with Crippen LogP contribution in [0.15, 0.2) is 66.9 Å². The third kappa shape index (κ3) is 6.51. The van der Waals surface area contributed by atoms with Crippen LogP contribution in [0.1, 0.15) is 28.8 Å². The molecule has 0 aliphatic carbocycles. The largest absolute Gasteiger partial charge is 0.395 e. The number of nitrogens with one attached hydrogen (secondary N) is 3. The maximum Gasteiger partial charge on any atom is 0.252 e. The van der Waals surface area contributed by atoms with Gasteiger partial charge in [-0.15, -0.1) is 0 Å². The molecule has 1 aliphatic heterocycles. The van der Waals surface area contributed by atoms with Crippen LogP contribution in [0.3, 0.4) is 0 Å². The first-order valence-electron chi connectivity index (χ1n) is 12.1. The summed E-state index contributed by atoms with van der Waals surface area (Å²) in [5, 5.41) is 18.2. The molecule has 0 spiro atoms. The van der Waals surface area contributed by atoms with Gasteiger partial charge < -0.3 is 31.7 Å². The van der Waals surface area contributed by atoms with Crippen molar-refractivity contribution in [2.75, 3.05) is 41.8 Å². The van der Waals surface area contributed by atoms with Crippen LogP contribution in [0.25, 0.3) is 0 Å². The lowest BCUT2D eigenvalue weighted by Gasteiger charge is -2.33. The van der Waals surface area contributed by atoms with Gasteiger partial charge in [-0.3, -0.25) is 9.59 Å². The van der Waals surface area contributed by atoms with E-state index in [1.165, 1.54) is 6.20 Å². The van der Waals surface area contributed by atoms with Gasteiger partial charge in [0.25, 0.3) is 5.91 Å². The van der Waals surface area contributed by atoms with Crippen LogP contribution in [-0.2, 0) is 11.3 Å². The van der Waals surface area contributed by atoms with E-state index in [1.807, 2.05) is 54.6 Å². The van der Waals surface area contributed by atoms with Crippen molar-refractivity contribution in [3.05, 3.63) is 78.0 Å². The monoisotopic (exact) mass is 488 g/mol. The normalized spacial score (nSPS) is 13.8. The highest BCUT2D eigenvalue weighted by atomic mass is 16.3. The SMILES string of the molecule is NC(=O)c1cnc(Nc2ccc(N3CCC(C(=O)NCCO)CC3)cc2)cc1NCc1ccccc1. The van der Waals surface area contributed by atoms with Gasteiger partial charge in [-0.05, 0) is 42.7 Å². The molecule has 0 saturated carbocycles. The summed E-state index contributed by atoms with van der Waals surface area (Å²) in [5.74, 6) is 0.0743. The number of nitrogens with zero attached hydrogens (tertiary/aromatic N) is 2. The van der Waals surface area contributed by atoms with Crippen molar-refractivity contribution in [2.45, 2.75) is 19.4 Å². The van der Waals surface area contributed by atoms with Crippen LogP contribution in [0.2, 0.25) is 0 Å². The van der Waals surface area contributed by atoms with Crippen molar-refractivity contribution in [1.82, 2.24) is 10.3 Å². The molecule has 0 radical (unpaired) electrons. The number of carbonyl (C=O) groups is 2. The summed E-state index contributed by atoms with van der Waals surface area (Å²) < 4.78 is 0. The maximum atomic E-state index is 12.1. The molecular formula is C27H32N6O3. The van der Waals surface area contributed by atoms with Gasteiger partial charge in [0.2, 0.25) is 5.91 Å². The van der Waals surface area contributed by atoms with Crippen molar-refractivity contribution in [3.63, 3.8) is 0 Å². The second-order valence-electron chi connectivity index (χ2n) is 8.77. The van der Waals surface area contributed by atoms with Crippen LogP contribution < -0.4 is 26.6 Å². The number of aliphatic hydroxyl groups is 1. The van der Waals surface area contributed by atoms with Crippen molar-refractivity contribution >= 4 is 34.7 Å². The van der Waals surface area contributed by atoms with Gasteiger partial charge in [0.05, 0.1) is 17.9 Å². The number of aliphatic hydroxyl groups excluding tert-OH is 1. The Labute approximate surface area is 210 Å². The van der Waals surface area contributed by atoms with E-state index in [0.717, 1.165) is 42.9 Å². The highest BCUT2D eigenvalue weighted by molar-refractivity contribution is 5.98. The van der Waals surface area contributed by atoms with Crippen molar-refractivity contribution in [3.8, 4) is 0 Å². The first-order chi connectivity index (χ1) is 17.5. The number of carbonyl (C=O) groups excluding carboxylic acids is 2. The van der Waals surface area contributed by atoms with Gasteiger partial charge in [0.1, 0.15) is 5.82 Å². The van der Waals surface area contributed by atoms with E-state index in [-0.39, 0.29) is 18.4 Å². The molecule has 2 aromatic carbocycles. The van der Waals surface area contributed by atoms with Gasteiger partial charge in [0.15, 0.2) is 0 Å². The number of nitrogens with two attached hydrogens (primary N) is 1. The Morgan fingerprint density at radius 1 is 1.06 bits per heavy atom. The fraction of sp³-hybridized carbons (Fsp3) is 0.296. The fourth-order valence-electron chi connectivity index (χ4n) is 4.29. The zero-order valence-corrected chi connectivity index (χ0v) is 20.1. The lowest BCUT2D eigenvalue weighted by molar-refractivity contribution is -0.125. The lowest BCUT2D eigenvalue weighted by atomic mass is 9.95. The van der Waals surface area contributed by atoms with Crippen LogP contribution >= 0.6 is 0 Å². The Morgan fingerprint density at radius 3 is 2.44 bits per heavy atom. The Hall–Kier alpha value is -4.11. The minimum Gasteiger partial charge on any atom is -0.395 e. The maximum absolute atomic E-state index is 12.1. The summed E-state index contributed by atoms with van der Waals surface area (Å²) in [6.07, 6.45) is 3.05. The molecule has 1 fully saturated rings. The van der Waals surface area contributed by atoms with Gasteiger partial charge in [0, 0.05) is 55.7 Å². The first kappa shape index (κ1) is 25.0. The van der Waals surface area contributed by atoms with E-state index in [9.17, 15) is 9.59 Å². The summed E-state index contributed by atoms with van der Waals surface area (Å²) in [5.41, 5.74) is 9.54. The smallest absolute Gasteiger partial charge is 0.252 e. The minimum atomic E-state index is -0.538. The average Bonchev–Trinajstić information content (AvgIpc) is 2.91. The molecule has 6 N–H and O–H groups in total. The number of rotatable bonds is 10. The van der Waals surface area contributed by atoms with Crippen LogP contribution in [0.4, 0.5) is 22.9 Å². The summed E-state index contributed by atoms with van der Waals surface area (Å²) >= 11 is 0. The van der Waals surface area contributed by atoms with Crippen LogP contribution in [0.5, 0.6) is 0 Å². The molecule has 3 aromatic rings. The number of amides is 2. The quantitative estimate of drug-likeness (QED) is 0.296. The van der Waals surface area contributed by atoms with E-state index in [4.69, 9.17) is 10.8 Å².